The fraction of sp³-hybridized carbons (Fsp3) is 0.444. The van der Waals surface area contributed by atoms with Crippen molar-refractivity contribution in [2.75, 3.05) is 42.3 Å². The molecule has 23 heavy (non-hydrogen) atoms. The van der Waals surface area contributed by atoms with Crippen LogP contribution in [0.2, 0.25) is 0 Å². The van der Waals surface area contributed by atoms with Crippen LogP contribution < -0.4 is 15.1 Å². The van der Waals surface area contributed by atoms with Crippen LogP contribution in [-0.2, 0) is 6.54 Å². The maximum atomic E-state index is 4.52. The monoisotopic (exact) mass is 311 g/mol. The molecule has 1 aliphatic heterocycles. The summed E-state index contributed by atoms with van der Waals surface area (Å²) in [5, 5.41) is 3.36. The Hall–Kier alpha value is -2.30. The Morgan fingerprint density at radius 2 is 1.87 bits per heavy atom. The summed E-state index contributed by atoms with van der Waals surface area (Å²) in [5.74, 6) is 1.58. The third-order valence-corrected chi connectivity index (χ3v) is 4.22. The van der Waals surface area contributed by atoms with Gasteiger partial charge in [-0.25, -0.2) is 4.98 Å². The molecule has 0 saturated carbocycles. The van der Waals surface area contributed by atoms with Crippen LogP contribution in [0.1, 0.15) is 24.8 Å². The van der Waals surface area contributed by atoms with Crippen LogP contribution in [0.3, 0.4) is 0 Å². The fourth-order valence-electron chi connectivity index (χ4n) is 2.96. The minimum absolute atomic E-state index is 0.671. The zero-order valence-corrected chi connectivity index (χ0v) is 14.0. The number of aromatic nitrogens is 2. The van der Waals surface area contributed by atoms with Crippen molar-refractivity contribution in [3.05, 3.63) is 42.1 Å². The molecule has 0 unspecified atom stereocenters. The second-order valence-electron chi connectivity index (χ2n) is 6.16. The van der Waals surface area contributed by atoms with Crippen molar-refractivity contribution < 1.29 is 0 Å². The first-order valence-corrected chi connectivity index (χ1v) is 8.31. The van der Waals surface area contributed by atoms with E-state index in [-0.39, 0.29) is 0 Å². The molecule has 0 radical (unpaired) electrons. The molecule has 3 rings (SSSR count). The molecule has 5 heteroatoms. The number of nitrogens with zero attached hydrogens (tertiary/aromatic N) is 4. The molecule has 0 atom stereocenters. The van der Waals surface area contributed by atoms with Crippen molar-refractivity contribution in [1.29, 1.82) is 0 Å². The lowest BCUT2D eigenvalue weighted by molar-refractivity contribution is 0.576. The molecular formula is C18H25N5. The Bertz CT molecular complexity index is 635. The van der Waals surface area contributed by atoms with Gasteiger partial charge in [0.2, 0.25) is 5.95 Å². The minimum Gasteiger partial charge on any atom is -0.371 e. The summed E-state index contributed by atoms with van der Waals surface area (Å²) in [7, 11) is 3.97. The molecule has 2 heterocycles. The van der Waals surface area contributed by atoms with Crippen LogP contribution in [-0.4, -0.2) is 37.2 Å². The summed E-state index contributed by atoms with van der Waals surface area (Å²) >= 11 is 0. The van der Waals surface area contributed by atoms with Gasteiger partial charge in [-0.15, -0.1) is 0 Å². The average molecular weight is 311 g/mol. The summed E-state index contributed by atoms with van der Waals surface area (Å²) in [6.45, 7) is 3.05. The van der Waals surface area contributed by atoms with E-state index in [1.165, 1.54) is 30.5 Å². The molecule has 2 aromatic rings. The zero-order valence-electron chi connectivity index (χ0n) is 14.0. The number of hydrogen-bond acceptors (Lipinski definition) is 5. The molecule has 1 fully saturated rings. The summed E-state index contributed by atoms with van der Waals surface area (Å²) < 4.78 is 0. The molecule has 0 aliphatic carbocycles. The lowest BCUT2D eigenvalue weighted by Gasteiger charge is -2.30. The average Bonchev–Trinajstić information content (AvgIpc) is 2.61. The zero-order chi connectivity index (χ0) is 16.1. The smallest absolute Gasteiger partial charge is 0.224 e. The first kappa shape index (κ1) is 15.6. The van der Waals surface area contributed by atoms with E-state index in [1.807, 2.05) is 25.1 Å². The van der Waals surface area contributed by atoms with E-state index >= 15 is 0 Å². The van der Waals surface area contributed by atoms with E-state index in [0.29, 0.717) is 5.95 Å². The van der Waals surface area contributed by atoms with Gasteiger partial charge < -0.3 is 15.1 Å². The van der Waals surface area contributed by atoms with Gasteiger partial charge in [-0.3, -0.25) is 0 Å². The molecule has 0 amide bonds. The van der Waals surface area contributed by atoms with Crippen molar-refractivity contribution in [2.24, 2.45) is 0 Å². The van der Waals surface area contributed by atoms with E-state index in [9.17, 15) is 0 Å². The molecule has 122 valence electrons. The molecule has 0 bridgehead atoms. The summed E-state index contributed by atoms with van der Waals surface area (Å²) in [5.41, 5.74) is 2.64. The Kier molecular flexibility index (Phi) is 4.95. The lowest BCUT2D eigenvalue weighted by atomic mass is 10.1. The molecule has 1 aliphatic rings. The number of benzene rings is 1. The van der Waals surface area contributed by atoms with E-state index in [2.05, 4.69) is 44.5 Å². The first-order chi connectivity index (χ1) is 11.2. The van der Waals surface area contributed by atoms with Gasteiger partial charge in [0.25, 0.3) is 0 Å². The highest BCUT2D eigenvalue weighted by Crippen LogP contribution is 2.24. The van der Waals surface area contributed by atoms with Crippen LogP contribution >= 0.6 is 0 Å². The number of rotatable bonds is 5. The van der Waals surface area contributed by atoms with Crippen molar-refractivity contribution in [1.82, 2.24) is 9.97 Å². The van der Waals surface area contributed by atoms with Crippen LogP contribution in [0.15, 0.2) is 36.5 Å². The van der Waals surface area contributed by atoms with Crippen molar-refractivity contribution in [2.45, 2.75) is 25.8 Å². The van der Waals surface area contributed by atoms with Gasteiger partial charge in [-0.1, -0.05) is 18.2 Å². The maximum Gasteiger partial charge on any atom is 0.224 e. The lowest BCUT2D eigenvalue weighted by Crippen LogP contribution is -2.30. The summed E-state index contributed by atoms with van der Waals surface area (Å²) in [6.07, 6.45) is 5.72. The second kappa shape index (κ2) is 7.31. The SMILES string of the molecule is CN(C)c1ccnc(NCc2ccccc2N2CCCCC2)n1. The van der Waals surface area contributed by atoms with Gasteiger partial charge in [0.1, 0.15) is 5.82 Å². The predicted molar refractivity (Wildman–Crippen MR) is 96.2 cm³/mol. The number of nitrogens with one attached hydrogen (secondary N) is 1. The van der Waals surface area contributed by atoms with Gasteiger partial charge in [0.15, 0.2) is 0 Å². The van der Waals surface area contributed by atoms with E-state index < -0.39 is 0 Å². The standard InChI is InChI=1S/C18H25N5/c1-22(2)17-10-11-19-18(21-17)20-14-15-8-4-5-9-16(15)23-12-6-3-7-13-23/h4-5,8-11H,3,6-7,12-14H2,1-2H3,(H,19,20,21). The maximum absolute atomic E-state index is 4.52. The highest BCUT2D eigenvalue weighted by molar-refractivity contribution is 5.55. The van der Waals surface area contributed by atoms with Crippen LogP contribution in [0, 0.1) is 0 Å². The minimum atomic E-state index is 0.671. The molecule has 1 saturated heterocycles. The third-order valence-electron chi connectivity index (χ3n) is 4.22. The van der Waals surface area contributed by atoms with E-state index in [4.69, 9.17) is 0 Å². The van der Waals surface area contributed by atoms with Gasteiger partial charge >= 0.3 is 0 Å². The normalized spacial score (nSPS) is 14.6. The highest BCUT2D eigenvalue weighted by Gasteiger charge is 2.14. The molecule has 1 aromatic carbocycles. The Balaban J connectivity index is 1.72. The molecule has 5 nitrogen and oxygen atoms in total. The Labute approximate surface area is 138 Å². The number of hydrogen-bond donors (Lipinski definition) is 1. The van der Waals surface area contributed by atoms with Gasteiger partial charge in [-0.2, -0.15) is 4.98 Å². The fourth-order valence-corrected chi connectivity index (χ4v) is 2.96. The van der Waals surface area contributed by atoms with E-state index in [1.54, 1.807) is 6.20 Å². The predicted octanol–water partition coefficient (Wildman–Crippen LogP) is 3.15. The van der Waals surface area contributed by atoms with Crippen molar-refractivity contribution >= 4 is 17.5 Å². The number of para-hydroxylation sites is 1. The molecule has 1 N–H and O–H groups in total. The first-order valence-electron chi connectivity index (χ1n) is 8.31. The molecular weight excluding hydrogens is 286 g/mol. The van der Waals surface area contributed by atoms with E-state index in [0.717, 1.165) is 25.5 Å². The van der Waals surface area contributed by atoms with Crippen LogP contribution in [0.25, 0.3) is 0 Å². The third kappa shape index (κ3) is 3.92. The summed E-state index contributed by atoms with van der Waals surface area (Å²) in [6, 6.07) is 10.5. The van der Waals surface area contributed by atoms with Gasteiger partial charge in [0, 0.05) is 45.6 Å². The van der Waals surface area contributed by atoms with Crippen LogP contribution in [0.4, 0.5) is 17.5 Å². The number of piperidine rings is 1. The molecule has 0 spiro atoms. The highest BCUT2D eigenvalue weighted by atomic mass is 15.2. The second-order valence-corrected chi connectivity index (χ2v) is 6.16. The summed E-state index contributed by atoms with van der Waals surface area (Å²) in [4.78, 5) is 13.3. The largest absolute Gasteiger partial charge is 0.371 e. The van der Waals surface area contributed by atoms with Gasteiger partial charge in [-0.05, 0) is 37.0 Å². The quantitative estimate of drug-likeness (QED) is 0.919. The Morgan fingerprint density at radius 3 is 2.65 bits per heavy atom. The topological polar surface area (TPSA) is 44.3 Å². The Morgan fingerprint density at radius 1 is 1.09 bits per heavy atom. The van der Waals surface area contributed by atoms with Crippen molar-refractivity contribution in [3.63, 3.8) is 0 Å². The van der Waals surface area contributed by atoms with Crippen LogP contribution in [0.5, 0.6) is 0 Å². The molecule has 1 aromatic heterocycles. The van der Waals surface area contributed by atoms with Crippen molar-refractivity contribution in [3.8, 4) is 0 Å². The van der Waals surface area contributed by atoms with Gasteiger partial charge in [0.05, 0.1) is 0 Å². The number of anilines is 3.